The van der Waals surface area contributed by atoms with Crippen LogP contribution in [0.2, 0.25) is 0 Å². The third kappa shape index (κ3) is 2.30. The standard InChI is InChI=1S/C7H4F4O2S/c8-5-2-1-4(7(9,10)11)3-6(5)14(12)13/h1-3H,(H,12,13)/p-1. The number of hydrogen-bond acceptors (Lipinski definition) is 2. The maximum atomic E-state index is 12.6. The highest BCUT2D eigenvalue weighted by Gasteiger charge is 2.31. The second-order valence-electron chi connectivity index (χ2n) is 2.38. The molecule has 0 N–H and O–H groups in total. The second kappa shape index (κ2) is 3.66. The van der Waals surface area contributed by atoms with Crippen molar-refractivity contribution in [2.45, 2.75) is 11.1 Å². The van der Waals surface area contributed by atoms with E-state index < -0.39 is 33.5 Å². The Labute approximate surface area is 78.8 Å². The van der Waals surface area contributed by atoms with Gasteiger partial charge in [0, 0.05) is 0 Å². The molecular formula is C7H3F4O2S-. The molecule has 0 saturated carbocycles. The molecule has 1 aromatic carbocycles. The van der Waals surface area contributed by atoms with Crippen LogP contribution in [0.5, 0.6) is 0 Å². The van der Waals surface area contributed by atoms with Crippen LogP contribution in [0.25, 0.3) is 0 Å². The van der Waals surface area contributed by atoms with Crippen LogP contribution >= 0.6 is 0 Å². The van der Waals surface area contributed by atoms with Gasteiger partial charge in [0.25, 0.3) is 0 Å². The van der Waals surface area contributed by atoms with Crippen molar-refractivity contribution in [1.29, 1.82) is 0 Å². The first kappa shape index (κ1) is 11.1. The highest BCUT2D eigenvalue weighted by molar-refractivity contribution is 7.79. The van der Waals surface area contributed by atoms with E-state index in [2.05, 4.69) is 0 Å². The maximum absolute atomic E-state index is 12.6. The van der Waals surface area contributed by atoms with Gasteiger partial charge >= 0.3 is 6.18 Å². The fourth-order valence-electron chi connectivity index (χ4n) is 0.807. The second-order valence-corrected chi connectivity index (χ2v) is 3.29. The van der Waals surface area contributed by atoms with Crippen molar-refractivity contribution in [1.82, 2.24) is 0 Å². The molecule has 0 bridgehead atoms. The highest BCUT2D eigenvalue weighted by atomic mass is 32.2. The Kier molecular flexibility index (Phi) is 2.91. The summed E-state index contributed by atoms with van der Waals surface area (Å²) in [5.41, 5.74) is -1.20. The van der Waals surface area contributed by atoms with E-state index >= 15 is 0 Å². The molecule has 78 valence electrons. The molecule has 0 aromatic heterocycles. The minimum Gasteiger partial charge on any atom is -0.768 e. The molecule has 0 aliphatic rings. The Morgan fingerprint density at radius 2 is 1.86 bits per heavy atom. The topological polar surface area (TPSA) is 40.1 Å². The van der Waals surface area contributed by atoms with Crippen LogP contribution in [-0.2, 0) is 17.3 Å². The maximum Gasteiger partial charge on any atom is 0.416 e. The fraction of sp³-hybridized carbons (Fsp3) is 0.143. The van der Waals surface area contributed by atoms with E-state index in [1.165, 1.54) is 0 Å². The van der Waals surface area contributed by atoms with Crippen LogP contribution in [0, 0.1) is 5.82 Å². The third-order valence-electron chi connectivity index (χ3n) is 1.44. The van der Waals surface area contributed by atoms with Crippen molar-refractivity contribution in [3.05, 3.63) is 29.6 Å². The average Bonchev–Trinajstić information content (AvgIpc) is 2.02. The molecule has 1 rings (SSSR count). The van der Waals surface area contributed by atoms with Crippen molar-refractivity contribution in [3.63, 3.8) is 0 Å². The van der Waals surface area contributed by atoms with Gasteiger partial charge in [-0.05, 0) is 29.3 Å². The van der Waals surface area contributed by atoms with E-state index in [1.807, 2.05) is 0 Å². The van der Waals surface area contributed by atoms with Gasteiger partial charge in [-0.3, -0.25) is 4.21 Å². The van der Waals surface area contributed by atoms with Crippen molar-refractivity contribution in [2.75, 3.05) is 0 Å². The first-order valence-corrected chi connectivity index (χ1v) is 4.36. The van der Waals surface area contributed by atoms with Crippen molar-refractivity contribution in [3.8, 4) is 0 Å². The van der Waals surface area contributed by atoms with Crippen LogP contribution in [0.1, 0.15) is 5.56 Å². The zero-order valence-electron chi connectivity index (χ0n) is 6.47. The van der Waals surface area contributed by atoms with E-state index in [4.69, 9.17) is 0 Å². The van der Waals surface area contributed by atoms with E-state index in [-0.39, 0.29) is 6.07 Å². The van der Waals surface area contributed by atoms with Gasteiger partial charge in [-0.2, -0.15) is 13.2 Å². The molecule has 0 aliphatic carbocycles. The number of hydrogen-bond donors (Lipinski definition) is 0. The van der Waals surface area contributed by atoms with Gasteiger partial charge in [0.15, 0.2) is 0 Å². The summed E-state index contributed by atoms with van der Waals surface area (Å²) in [6.45, 7) is 0. The Bertz CT molecular complexity index is 374. The summed E-state index contributed by atoms with van der Waals surface area (Å²) in [5, 5.41) is 0. The Morgan fingerprint density at radius 3 is 2.29 bits per heavy atom. The number of rotatable bonds is 1. The molecule has 0 radical (unpaired) electrons. The largest absolute Gasteiger partial charge is 0.768 e. The normalized spacial score (nSPS) is 14.1. The van der Waals surface area contributed by atoms with Crippen LogP contribution in [-0.4, -0.2) is 8.76 Å². The smallest absolute Gasteiger partial charge is 0.416 e. The number of halogens is 4. The minimum absolute atomic E-state index is 0.248. The highest BCUT2D eigenvalue weighted by Crippen LogP contribution is 2.30. The van der Waals surface area contributed by atoms with E-state index in [1.54, 1.807) is 0 Å². The monoisotopic (exact) mass is 227 g/mol. The van der Waals surface area contributed by atoms with Gasteiger partial charge in [0.1, 0.15) is 5.82 Å². The Hall–Kier alpha value is -0.950. The SMILES string of the molecule is O=S([O-])c1cc(C(F)(F)F)ccc1F. The molecule has 0 spiro atoms. The predicted octanol–water partition coefficient (Wildman–Crippen LogP) is 2.08. The lowest BCUT2D eigenvalue weighted by Gasteiger charge is -2.10. The first-order valence-electron chi connectivity index (χ1n) is 3.28. The molecular weight excluding hydrogens is 224 g/mol. The predicted molar refractivity (Wildman–Crippen MR) is 38.6 cm³/mol. The van der Waals surface area contributed by atoms with Gasteiger partial charge in [0.05, 0.1) is 10.5 Å². The van der Waals surface area contributed by atoms with Crippen LogP contribution < -0.4 is 0 Å². The van der Waals surface area contributed by atoms with Gasteiger partial charge < -0.3 is 4.55 Å². The summed E-state index contributed by atoms with van der Waals surface area (Å²) in [6.07, 6.45) is -4.68. The average molecular weight is 227 g/mol. The van der Waals surface area contributed by atoms with E-state index in [0.29, 0.717) is 12.1 Å². The van der Waals surface area contributed by atoms with Gasteiger partial charge in [0.2, 0.25) is 0 Å². The van der Waals surface area contributed by atoms with Crippen LogP contribution in [0.3, 0.4) is 0 Å². The molecule has 7 heteroatoms. The summed E-state index contributed by atoms with van der Waals surface area (Å²) in [4.78, 5) is -0.986. The molecule has 2 nitrogen and oxygen atoms in total. The molecule has 0 fully saturated rings. The summed E-state index contributed by atoms with van der Waals surface area (Å²) in [5.74, 6) is -1.20. The third-order valence-corrected chi connectivity index (χ3v) is 2.11. The van der Waals surface area contributed by atoms with Gasteiger partial charge in [-0.1, -0.05) is 0 Å². The summed E-state index contributed by atoms with van der Waals surface area (Å²) in [7, 11) is 0. The van der Waals surface area contributed by atoms with Crippen LogP contribution in [0.15, 0.2) is 23.1 Å². The van der Waals surface area contributed by atoms with E-state index in [0.717, 1.165) is 0 Å². The molecule has 0 amide bonds. The van der Waals surface area contributed by atoms with Gasteiger partial charge in [-0.25, -0.2) is 4.39 Å². The summed E-state index contributed by atoms with van der Waals surface area (Å²) < 4.78 is 69.4. The minimum atomic E-state index is -4.68. The lowest BCUT2D eigenvalue weighted by Crippen LogP contribution is -2.06. The Morgan fingerprint density at radius 1 is 1.29 bits per heavy atom. The van der Waals surface area contributed by atoms with Gasteiger partial charge in [-0.15, -0.1) is 0 Å². The zero-order chi connectivity index (χ0) is 10.9. The van der Waals surface area contributed by atoms with Crippen molar-refractivity contribution < 1.29 is 26.3 Å². The molecule has 1 unspecified atom stereocenters. The molecule has 0 saturated heterocycles. The molecule has 0 heterocycles. The summed E-state index contributed by atoms with van der Waals surface area (Å²) in [6, 6.07) is 1.19. The molecule has 1 aromatic rings. The number of benzene rings is 1. The van der Waals surface area contributed by atoms with Crippen LogP contribution in [0.4, 0.5) is 17.6 Å². The van der Waals surface area contributed by atoms with Crippen molar-refractivity contribution >= 4 is 11.1 Å². The molecule has 0 aliphatic heterocycles. The fourth-order valence-corrected chi connectivity index (χ4v) is 1.26. The lowest BCUT2D eigenvalue weighted by molar-refractivity contribution is -0.137. The summed E-state index contributed by atoms with van der Waals surface area (Å²) >= 11 is -3.01. The van der Waals surface area contributed by atoms with E-state index in [9.17, 15) is 26.3 Å². The molecule has 14 heavy (non-hydrogen) atoms. The quantitative estimate of drug-likeness (QED) is 0.544. The number of alkyl halides is 3. The zero-order valence-corrected chi connectivity index (χ0v) is 7.29. The first-order chi connectivity index (χ1) is 6.32. The lowest BCUT2D eigenvalue weighted by atomic mass is 10.2. The molecule has 1 atom stereocenters. The van der Waals surface area contributed by atoms with Crippen molar-refractivity contribution in [2.24, 2.45) is 0 Å². The Balaban J connectivity index is 3.27.